The first-order valence-corrected chi connectivity index (χ1v) is 6.80. The molecule has 0 saturated heterocycles. The molecule has 1 aliphatic heterocycles. The van der Waals surface area contributed by atoms with E-state index in [2.05, 4.69) is 51.9 Å². The van der Waals surface area contributed by atoms with Gasteiger partial charge in [0.15, 0.2) is 0 Å². The van der Waals surface area contributed by atoms with Crippen LogP contribution in [0.1, 0.15) is 23.2 Å². The summed E-state index contributed by atoms with van der Waals surface area (Å²) < 4.78 is 0. The highest BCUT2D eigenvalue weighted by Crippen LogP contribution is 2.16. The maximum atomic E-state index is 5.47. The number of aryl methyl sites for hydroxylation is 1. The molecule has 5 heteroatoms. The van der Waals surface area contributed by atoms with Gasteiger partial charge < -0.3 is 10.2 Å². The van der Waals surface area contributed by atoms with Crippen LogP contribution in [0.3, 0.4) is 0 Å². The van der Waals surface area contributed by atoms with Gasteiger partial charge in [0, 0.05) is 31.4 Å². The molecule has 1 aromatic carbocycles. The molecule has 2 N–H and O–H groups in total. The number of nitrogens with one attached hydrogen (secondary N) is 2. The molecule has 2 aromatic rings. The van der Waals surface area contributed by atoms with Gasteiger partial charge in [0.25, 0.3) is 0 Å². The Morgan fingerprint density at radius 1 is 1.30 bits per heavy atom. The number of nitrogens with zero attached hydrogens (tertiary/aromatic N) is 2. The quantitative estimate of drug-likeness (QED) is 0.873. The van der Waals surface area contributed by atoms with E-state index in [1.807, 2.05) is 6.07 Å². The first-order valence-electron chi connectivity index (χ1n) is 6.80. The molecular formula is C15H18N4O. The molecule has 0 amide bonds. The van der Waals surface area contributed by atoms with Crippen LogP contribution in [0.25, 0.3) is 0 Å². The molecule has 0 bridgehead atoms. The number of hydrogen-bond acceptors (Lipinski definition) is 4. The van der Waals surface area contributed by atoms with Crippen LogP contribution in [0, 0.1) is 6.92 Å². The molecule has 0 spiro atoms. The van der Waals surface area contributed by atoms with Gasteiger partial charge in [-0.2, -0.15) is 5.10 Å². The van der Waals surface area contributed by atoms with Crippen LogP contribution < -0.4 is 5.32 Å². The van der Waals surface area contributed by atoms with E-state index in [-0.39, 0.29) is 6.10 Å². The molecule has 0 aliphatic carbocycles. The zero-order chi connectivity index (χ0) is 13.8. The minimum absolute atomic E-state index is 0.106. The second kappa shape index (κ2) is 5.88. The number of aromatic amines is 1. The molecule has 3 rings (SSSR count). The smallest absolute Gasteiger partial charge is 0.145 e. The van der Waals surface area contributed by atoms with Gasteiger partial charge in [-0.3, -0.25) is 5.10 Å². The largest absolute Gasteiger partial charge is 0.390 e. The fourth-order valence-electron chi connectivity index (χ4n) is 2.21. The first-order chi connectivity index (χ1) is 9.81. The third kappa shape index (κ3) is 3.05. The van der Waals surface area contributed by atoms with Gasteiger partial charge in [-0.25, -0.2) is 0 Å². The van der Waals surface area contributed by atoms with Crippen molar-refractivity contribution in [3.63, 3.8) is 0 Å². The second-order valence-corrected chi connectivity index (χ2v) is 5.05. The summed E-state index contributed by atoms with van der Waals surface area (Å²) in [6.07, 6.45) is 2.70. The molecule has 1 atom stereocenters. The van der Waals surface area contributed by atoms with Crippen LogP contribution in [0.2, 0.25) is 0 Å². The Morgan fingerprint density at radius 2 is 2.15 bits per heavy atom. The first kappa shape index (κ1) is 12.9. The van der Waals surface area contributed by atoms with E-state index < -0.39 is 0 Å². The summed E-state index contributed by atoms with van der Waals surface area (Å²) in [5, 5.41) is 14.4. The van der Waals surface area contributed by atoms with Crippen molar-refractivity contribution < 1.29 is 4.84 Å². The molecule has 0 unspecified atom stereocenters. The van der Waals surface area contributed by atoms with E-state index in [1.54, 1.807) is 6.20 Å². The molecule has 20 heavy (non-hydrogen) atoms. The van der Waals surface area contributed by atoms with Crippen molar-refractivity contribution >= 4 is 5.71 Å². The van der Waals surface area contributed by atoms with Gasteiger partial charge in [-0.1, -0.05) is 35.0 Å². The summed E-state index contributed by atoms with van der Waals surface area (Å²) in [5.74, 6) is 0. The Hall–Kier alpha value is -2.14. The van der Waals surface area contributed by atoms with E-state index in [1.165, 1.54) is 5.56 Å². The summed E-state index contributed by atoms with van der Waals surface area (Å²) in [6.45, 7) is 3.62. The molecule has 0 fully saturated rings. The lowest BCUT2D eigenvalue weighted by molar-refractivity contribution is 0.0848. The van der Waals surface area contributed by atoms with Gasteiger partial charge in [0.05, 0.1) is 5.71 Å². The average molecular weight is 270 g/mol. The van der Waals surface area contributed by atoms with Gasteiger partial charge in [-0.15, -0.1) is 0 Å². The Balaban J connectivity index is 1.47. The highest BCUT2D eigenvalue weighted by molar-refractivity contribution is 6.01. The average Bonchev–Trinajstić information content (AvgIpc) is 3.11. The third-order valence-electron chi connectivity index (χ3n) is 3.36. The van der Waals surface area contributed by atoms with Crippen molar-refractivity contribution in [1.82, 2.24) is 15.5 Å². The van der Waals surface area contributed by atoms with E-state index >= 15 is 0 Å². The van der Waals surface area contributed by atoms with Crippen molar-refractivity contribution in [2.45, 2.75) is 26.0 Å². The Labute approximate surface area is 118 Å². The number of rotatable bonds is 5. The van der Waals surface area contributed by atoms with E-state index in [4.69, 9.17) is 4.84 Å². The number of hydrogen-bond donors (Lipinski definition) is 2. The maximum Gasteiger partial charge on any atom is 0.145 e. The topological polar surface area (TPSA) is 62.3 Å². The molecule has 0 saturated carbocycles. The highest BCUT2D eigenvalue weighted by atomic mass is 16.6. The maximum absolute atomic E-state index is 5.47. The van der Waals surface area contributed by atoms with Gasteiger partial charge in [0.1, 0.15) is 6.10 Å². The minimum atomic E-state index is 0.106. The van der Waals surface area contributed by atoms with Crippen molar-refractivity contribution in [2.75, 3.05) is 6.54 Å². The van der Waals surface area contributed by atoms with Crippen molar-refractivity contribution in [3.05, 3.63) is 53.3 Å². The number of H-pyrrole nitrogens is 1. The van der Waals surface area contributed by atoms with Crippen LogP contribution in [0.5, 0.6) is 0 Å². The lowest BCUT2D eigenvalue weighted by atomic mass is 10.0. The zero-order valence-electron chi connectivity index (χ0n) is 11.5. The van der Waals surface area contributed by atoms with Crippen LogP contribution >= 0.6 is 0 Å². The van der Waals surface area contributed by atoms with Gasteiger partial charge in [0.2, 0.25) is 0 Å². The molecule has 5 nitrogen and oxygen atoms in total. The van der Waals surface area contributed by atoms with E-state index in [0.717, 1.165) is 36.5 Å². The monoisotopic (exact) mass is 270 g/mol. The zero-order valence-corrected chi connectivity index (χ0v) is 11.5. The van der Waals surface area contributed by atoms with Crippen molar-refractivity contribution in [2.24, 2.45) is 5.16 Å². The van der Waals surface area contributed by atoms with Crippen LogP contribution in [0.4, 0.5) is 0 Å². The van der Waals surface area contributed by atoms with Crippen molar-refractivity contribution in [1.29, 1.82) is 0 Å². The third-order valence-corrected chi connectivity index (χ3v) is 3.36. The highest BCUT2D eigenvalue weighted by Gasteiger charge is 2.21. The Kier molecular flexibility index (Phi) is 3.78. The van der Waals surface area contributed by atoms with E-state index in [0.29, 0.717) is 0 Å². The molecule has 1 aliphatic rings. The van der Waals surface area contributed by atoms with Crippen LogP contribution in [-0.2, 0) is 11.4 Å². The SMILES string of the molecule is Cc1ccc(C2=NO[C@@H](CNCc3ccn[nH]3)C2)cc1. The summed E-state index contributed by atoms with van der Waals surface area (Å²) >= 11 is 0. The predicted molar refractivity (Wildman–Crippen MR) is 77.5 cm³/mol. The second-order valence-electron chi connectivity index (χ2n) is 5.05. The van der Waals surface area contributed by atoms with Crippen LogP contribution in [0.15, 0.2) is 41.7 Å². The molecule has 2 heterocycles. The Bertz CT molecular complexity index is 574. The van der Waals surface area contributed by atoms with Crippen molar-refractivity contribution in [3.8, 4) is 0 Å². The summed E-state index contributed by atoms with van der Waals surface area (Å²) in [5.41, 5.74) is 4.50. The molecule has 104 valence electrons. The van der Waals surface area contributed by atoms with E-state index in [9.17, 15) is 0 Å². The number of aromatic nitrogens is 2. The minimum Gasteiger partial charge on any atom is -0.390 e. The molecular weight excluding hydrogens is 252 g/mol. The summed E-state index contributed by atoms with van der Waals surface area (Å²) in [6, 6.07) is 10.3. The normalized spacial score (nSPS) is 17.9. The summed E-state index contributed by atoms with van der Waals surface area (Å²) in [7, 11) is 0. The lowest BCUT2D eigenvalue weighted by Gasteiger charge is -2.08. The number of oxime groups is 1. The predicted octanol–water partition coefficient (Wildman–Crippen LogP) is 2.00. The van der Waals surface area contributed by atoms with Crippen LogP contribution in [-0.4, -0.2) is 28.6 Å². The fourth-order valence-corrected chi connectivity index (χ4v) is 2.21. The van der Waals surface area contributed by atoms with Gasteiger partial charge in [-0.05, 0) is 18.6 Å². The molecule has 0 radical (unpaired) electrons. The fraction of sp³-hybridized carbons (Fsp3) is 0.333. The standard InChI is InChI=1S/C15H18N4O/c1-11-2-4-12(5-3-11)15-8-14(20-19-15)10-16-9-13-6-7-17-18-13/h2-7,14,16H,8-10H2,1H3,(H,17,18)/t14-/m1/s1. The Morgan fingerprint density at radius 3 is 2.90 bits per heavy atom. The number of benzene rings is 1. The molecule has 1 aromatic heterocycles. The van der Waals surface area contributed by atoms with Gasteiger partial charge >= 0.3 is 0 Å². The summed E-state index contributed by atoms with van der Waals surface area (Å²) in [4.78, 5) is 5.47. The lowest BCUT2D eigenvalue weighted by Crippen LogP contribution is -2.26.